The summed E-state index contributed by atoms with van der Waals surface area (Å²) >= 11 is 0. The summed E-state index contributed by atoms with van der Waals surface area (Å²) in [6.07, 6.45) is 5.83. The van der Waals surface area contributed by atoms with Gasteiger partial charge >= 0.3 is 5.97 Å². The van der Waals surface area contributed by atoms with Crippen molar-refractivity contribution in [3.63, 3.8) is 0 Å². The topological polar surface area (TPSA) is 26.3 Å². The Bertz CT molecular complexity index is 403. The number of ether oxygens (including phenoxy) is 1. The number of hydrogen-bond donors (Lipinski definition) is 0. The van der Waals surface area contributed by atoms with Crippen molar-refractivity contribution in [2.24, 2.45) is 0 Å². The summed E-state index contributed by atoms with van der Waals surface area (Å²) < 4.78 is 5.53. The summed E-state index contributed by atoms with van der Waals surface area (Å²) in [5, 5.41) is 0. The van der Waals surface area contributed by atoms with Crippen LogP contribution < -0.4 is 0 Å². The van der Waals surface area contributed by atoms with E-state index in [1.807, 2.05) is 32.0 Å². The highest BCUT2D eigenvalue weighted by Gasteiger charge is 2.18. The first kappa shape index (κ1) is 12.2. The zero-order chi connectivity index (χ0) is 12.3. The minimum Gasteiger partial charge on any atom is -0.459 e. The van der Waals surface area contributed by atoms with E-state index < -0.39 is 0 Å². The predicted molar refractivity (Wildman–Crippen MR) is 68.2 cm³/mol. The van der Waals surface area contributed by atoms with E-state index in [-0.39, 0.29) is 12.1 Å². The van der Waals surface area contributed by atoms with Crippen LogP contribution in [-0.4, -0.2) is 12.1 Å². The standard InChI is InChI=1S/C15H20O2/c1-11-8-9-13(10-12(11)2)15(16)17-14-6-4-3-5-7-14/h8-10,14H,3-7H2,1-2H3. The smallest absolute Gasteiger partial charge is 0.338 e. The first-order valence-electron chi connectivity index (χ1n) is 6.45. The van der Waals surface area contributed by atoms with Crippen molar-refractivity contribution in [3.8, 4) is 0 Å². The Kier molecular flexibility index (Phi) is 3.82. The second-order valence-corrected chi connectivity index (χ2v) is 4.96. The number of benzene rings is 1. The first-order valence-corrected chi connectivity index (χ1v) is 6.45. The van der Waals surface area contributed by atoms with E-state index in [4.69, 9.17) is 4.74 Å². The molecule has 0 heterocycles. The third kappa shape index (κ3) is 3.09. The molecular formula is C15H20O2. The number of carbonyl (C=O) groups excluding carboxylic acids is 1. The Hall–Kier alpha value is -1.31. The molecule has 0 amide bonds. The Morgan fingerprint density at radius 1 is 1.12 bits per heavy atom. The van der Waals surface area contributed by atoms with E-state index in [1.54, 1.807) is 0 Å². The molecule has 0 radical (unpaired) electrons. The summed E-state index contributed by atoms with van der Waals surface area (Å²) in [6.45, 7) is 4.07. The maximum atomic E-state index is 12.0. The Morgan fingerprint density at radius 2 is 1.82 bits per heavy atom. The predicted octanol–water partition coefficient (Wildman–Crippen LogP) is 3.79. The summed E-state index contributed by atoms with van der Waals surface area (Å²) in [5.41, 5.74) is 3.03. The Morgan fingerprint density at radius 3 is 2.47 bits per heavy atom. The SMILES string of the molecule is Cc1ccc(C(=O)OC2CCCCC2)cc1C. The highest BCUT2D eigenvalue weighted by atomic mass is 16.5. The average Bonchev–Trinajstić information content (AvgIpc) is 2.34. The molecule has 2 nitrogen and oxygen atoms in total. The lowest BCUT2D eigenvalue weighted by Crippen LogP contribution is -2.21. The molecule has 1 aromatic carbocycles. The van der Waals surface area contributed by atoms with Gasteiger partial charge in [0.2, 0.25) is 0 Å². The lowest BCUT2D eigenvalue weighted by atomic mass is 9.98. The fourth-order valence-electron chi connectivity index (χ4n) is 2.27. The third-order valence-corrected chi connectivity index (χ3v) is 3.57. The molecule has 0 saturated heterocycles. The molecular weight excluding hydrogens is 212 g/mol. The number of esters is 1. The van der Waals surface area contributed by atoms with Crippen LogP contribution in [-0.2, 0) is 4.74 Å². The molecule has 0 atom stereocenters. The van der Waals surface area contributed by atoms with Gasteiger partial charge in [-0.05, 0) is 62.8 Å². The molecule has 0 unspecified atom stereocenters. The monoisotopic (exact) mass is 232 g/mol. The molecule has 1 fully saturated rings. The van der Waals surface area contributed by atoms with Crippen molar-refractivity contribution in [1.29, 1.82) is 0 Å². The van der Waals surface area contributed by atoms with E-state index >= 15 is 0 Å². The summed E-state index contributed by atoms with van der Waals surface area (Å²) in [7, 11) is 0. The summed E-state index contributed by atoms with van der Waals surface area (Å²) in [4.78, 5) is 12.0. The second kappa shape index (κ2) is 5.35. The van der Waals surface area contributed by atoms with Crippen LogP contribution in [0.2, 0.25) is 0 Å². The molecule has 1 saturated carbocycles. The van der Waals surface area contributed by atoms with Crippen LogP contribution in [0.25, 0.3) is 0 Å². The number of hydrogen-bond acceptors (Lipinski definition) is 2. The van der Waals surface area contributed by atoms with Crippen LogP contribution in [0.3, 0.4) is 0 Å². The minimum absolute atomic E-state index is 0.137. The van der Waals surface area contributed by atoms with E-state index in [9.17, 15) is 4.79 Å². The van der Waals surface area contributed by atoms with Crippen molar-refractivity contribution in [2.75, 3.05) is 0 Å². The van der Waals surface area contributed by atoms with Crippen molar-refractivity contribution in [2.45, 2.75) is 52.1 Å². The van der Waals surface area contributed by atoms with Gasteiger partial charge in [-0.25, -0.2) is 4.79 Å². The van der Waals surface area contributed by atoms with Gasteiger partial charge in [-0.2, -0.15) is 0 Å². The largest absolute Gasteiger partial charge is 0.459 e. The van der Waals surface area contributed by atoms with Crippen LogP contribution in [0.4, 0.5) is 0 Å². The van der Waals surface area contributed by atoms with Crippen LogP contribution in [0.5, 0.6) is 0 Å². The van der Waals surface area contributed by atoms with E-state index in [1.165, 1.54) is 24.8 Å². The Balaban J connectivity index is 2.01. The highest BCUT2D eigenvalue weighted by molar-refractivity contribution is 5.89. The normalized spacial score (nSPS) is 16.8. The van der Waals surface area contributed by atoms with Gasteiger partial charge in [0.15, 0.2) is 0 Å². The third-order valence-electron chi connectivity index (χ3n) is 3.57. The molecule has 2 rings (SSSR count). The van der Waals surface area contributed by atoms with Gasteiger partial charge in [-0.3, -0.25) is 0 Å². The van der Waals surface area contributed by atoms with Gasteiger partial charge in [0, 0.05) is 0 Å². The molecule has 17 heavy (non-hydrogen) atoms. The molecule has 1 aromatic rings. The summed E-state index contributed by atoms with van der Waals surface area (Å²) in [5.74, 6) is -0.167. The zero-order valence-corrected chi connectivity index (χ0v) is 10.7. The van der Waals surface area contributed by atoms with Gasteiger partial charge in [0.1, 0.15) is 6.10 Å². The quantitative estimate of drug-likeness (QED) is 0.725. The molecule has 0 N–H and O–H groups in total. The second-order valence-electron chi connectivity index (χ2n) is 4.96. The van der Waals surface area contributed by atoms with Gasteiger partial charge < -0.3 is 4.74 Å². The minimum atomic E-state index is -0.167. The van der Waals surface area contributed by atoms with Gasteiger partial charge in [-0.1, -0.05) is 12.5 Å². The van der Waals surface area contributed by atoms with E-state index in [2.05, 4.69) is 0 Å². The van der Waals surface area contributed by atoms with Crippen LogP contribution >= 0.6 is 0 Å². The van der Waals surface area contributed by atoms with Gasteiger partial charge in [0.25, 0.3) is 0 Å². The van der Waals surface area contributed by atoms with Crippen molar-refractivity contribution < 1.29 is 9.53 Å². The molecule has 0 bridgehead atoms. The molecule has 0 spiro atoms. The molecule has 0 aliphatic heterocycles. The van der Waals surface area contributed by atoms with Crippen LogP contribution in [0.1, 0.15) is 53.6 Å². The van der Waals surface area contributed by atoms with Crippen molar-refractivity contribution in [1.82, 2.24) is 0 Å². The van der Waals surface area contributed by atoms with E-state index in [0.29, 0.717) is 5.56 Å². The number of rotatable bonds is 2. The van der Waals surface area contributed by atoms with Crippen LogP contribution in [0, 0.1) is 13.8 Å². The summed E-state index contributed by atoms with van der Waals surface area (Å²) in [6, 6.07) is 5.75. The molecule has 1 aliphatic carbocycles. The average molecular weight is 232 g/mol. The zero-order valence-electron chi connectivity index (χ0n) is 10.7. The van der Waals surface area contributed by atoms with Gasteiger partial charge in [0.05, 0.1) is 5.56 Å². The molecule has 0 aromatic heterocycles. The van der Waals surface area contributed by atoms with E-state index in [0.717, 1.165) is 18.4 Å². The van der Waals surface area contributed by atoms with Crippen molar-refractivity contribution >= 4 is 5.97 Å². The molecule has 1 aliphatic rings. The number of aryl methyl sites for hydroxylation is 2. The first-order chi connectivity index (χ1) is 8.16. The highest BCUT2D eigenvalue weighted by Crippen LogP contribution is 2.21. The maximum Gasteiger partial charge on any atom is 0.338 e. The molecule has 2 heteroatoms. The molecule has 92 valence electrons. The Labute approximate surface area is 103 Å². The fraction of sp³-hybridized carbons (Fsp3) is 0.533. The maximum absolute atomic E-state index is 12.0. The fourth-order valence-corrected chi connectivity index (χ4v) is 2.27. The van der Waals surface area contributed by atoms with Crippen molar-refractivity contribution in [3.05, 3.63) is 34.9 Å². The number of carbonyl (C=O) groups is 1. The lowest BCUT2D eigenvalue weighted by Gasteiger charge is -2.21. The van der Waals surface area contributed by atoms with Crippen LogP contribution in [0.15, 0.2) is 18.2 Å². The lowest BCUT2D eigenvalue weighted by molar-refractivity contribution is 0.0211. The van der Waals surface area contributed by atoms with Gasteiger partial charge in [-0.15, -0.1) is 0 Å².